The molecule has 0 aliphatic carbocycles. The molecule has 1 unspecified atom stereocenters. The zero-order valence-electron chi connectivity index (χ0n) is 9.05. The molecule has 0 bridgehead atoms. The first kappa shape index (κ1) is 11.5. The fraction of sp³-hybridized carbons (Fsp3) is 0.900. The van der Waals surface area contributed by atoms with E-state index in [4.69, 9.17) is 0 Å². The van der Waals surface area contributed by atoms with Crippen LogP contribution in [0.4, 0.5) is 0 Å². The van der Waals surface area contributed by atoms with Gasteiger partial charge in [0.2, 0.25) is 5.91 Å². The fourth-order valence-electron chi connectivity index (χ4n) is 1.77. The highest BCUT2D eigenvalue weighted by atomic mass is 16.3. The van der Waals surface area contributed by atoms with Crippen molar-refractivity contribution in [3.8, 4) is 0 Å². The Hall–Kier alpha value is -0.610. The summed E-state index contributed by atoms with van der Waals surface area (Å²) in [6, 6.07) is 0. The summed E-state index contributed by atoms with van der Waals surface area (Å²) in [5, 5.41) is 12.5. The molecule has 1 rings (SSSR count). The lowest BCUT2D eigenvalue weighted by molar-refractivity contribution is -0.121. The smallest absolute Gasteiger partial charge is 0.221 e. The van der Waals surface area contributed by atoms with Gasteiger partial charge in [-0.3, -0.25) is 9.69 Å². The maximum Gasteiger partial charge on any atom is 0.221 e. The standard InChI is InChI=1S/C10H20N2O2/c1-3-11-9(13)4-6-12-7-5-10(2,14)8-12/h14H,3-8H2,1-2H3,(H,11,13). The SMILES string of the molecule is CCNC(=O)CCN1CCC(C)(O)C1. The number of carbonyl (C=O) groups excluding carboxylic acids is 1. The van der Waals surface area contributed by atoms with E-state index in [9.17, 15) is 9.90 Å². The van der Waals surface area contributed by atoms with Crippen LogP contribution in [0.5, 0.6) is 0 Å². The lowest BCUT2D eigenvalue weighted by atomic mass is 10.1. The van der Waals surface area contributed by atoms with Gasteiger partial charge in [-0.05, 0) is 20.3 Å². The largest absolute Gasteiger partial charge is 0.389 e. The van der Waals surface area contributed by atoms with Crippen molar-refractivity contribution < 1.29 is 9.90 Å². The summed E-state index contributed by atoms with van der Waals surface area (Å²) < 4.78 is 0. The predicted molar refractivity (Wildman–Crippen MR) is 55.0 cm³/mol. The van der Waals surface area contributed by atoms with E-state index in [1.165, 1.54) is 0 Å². The van der Waals surface area contributed by atoms with Crippen molar-refractivity contribution in [2.45, 2.75) is 32.3 Å². The highest BCUT2D eigenvalue weighted by molar-refractivity contribution is 5.75. The molecule has 0 aromatic rings. The molecule has 82 valence electrons. The van der Waals surface area contributed by atoms with Crippen LogP contribution in [0.2, 0.25) is 0 Å². The molecule has 0 saturated carbocycles. The van der Waals surface area contributed by atoms with Gasteiger partial charge in [-0.25, -0.2) is 0 Å². The summed E-state index contributed by atoms with van der Waals surface area (Å²) in [4.78, 5) is 13.3. The maximum absolute atomic E-state index is 11.2. The number of hydrogen-bond acceptors (Lipinski definition) is 3. The Balaban J connectivity index is 2.17. The lowest BCUT2D eigenvalue weighted by Crippen LogP contribution is -2.33. The number of aliphatic hydroxyl groups is 1. The number of amides is 1. The van der Waals surface area contributed by atoms with Crippen molar-refractivity contribution in [1.29, 1.82) is 0 Å². The summed E-state index contributed by atoms with van der Waals surface area (Å²) in [7, 11) is 0. The maximum atomic E-state index is 11.2. The zero-order valence-corrected chi connectivity index (χ0v) is 9.05. The number of hydrogen-bond donors (Lipinski definition) is 2. The molecule has 1 saturated heterocycles. The van der Waals surface area contributed by atoms with E-state index >= 15 is 0 Å². The third kappa shape index (κ3) is 3.64. The lowest BCUT2D eigenvalue weighted by Gasteiger charge is -2.18. The van der Waals surface area contributed by atoms with Crippen LogP contribution in [0.3, 0.4) is 0 Å². The van der Waals surface area contributed by atoms with E-state index in [1.54, 1.807) is 0 Å². The molecule has 1 heterocycles. The second kappa shape index (κ2) is 4.75. The number of nitrogens with zero attached hydrogens (tertiary/aromatic N) is 1. The number of rotatable bonds is 4. The van der Waals surface area contributed by atoms with Gasteiger partial charge in [0.05, 0.1) is 5.60 Å². The first-order valence-corrected chi connectivity index (χ1v) is 5.25. The average molecular weight is 200 g/mol. The summed E-state index contributed by atoms with van der Waals surface area (Å²) in [6.07, 6.45) is 1.34. The van der Waals surface area contributed by atoms with E-state index in [1.807, 2.05) is 13.8 Å². The average Bonchev–Trinajstić information content (AvgIpc) is 2.43. The number of likely N-dealkylation sites (tertiary alicyclic amines) is 1. The van der Waals surface area contributed by atoms with Crippen LogP contribution in [-0.4, -0.2) is 47.7 Å². The van der Waals surface area contributed by atoms with E-state index in [0.29, 0.717) is 19.5 Å². The van der Waals surface area contributed by atoms with Crippen molar-refractivity contribution >= 4 is 5.91 Å². The van der Waals surface area contributed by atoms with Crippen LogP contribution in [-0.2, 0) is 4.79 Å². The fourth-order valence-corrected chi connectivity index (χ4v) is 1.77. The Bertz CT molecular complexity index is 204. The Morgan fingerprint density at radius 2 is 2.36 bits per heavy atom. The third-order valence-corrected chi connectivity index (χ3v) is 2.56. The molecule has 0 aromatic carbocycles. The molecular weight excluding hydrogens is 180 g/mol. The molecule has 1 aliphatic rings. The minimum Gasteiger partial charge on any atom is -0.389 e. The summed E-state index contributed by atoms with van der Waals surface area (Å²) in [5.41, 5.74) is -0.554. The van der Waals surface area contributed by atoms with Gasteiger partial charge < -0.3 is 10.4 Å². The van der Waals surface area contributed by atoms with Crippen molar-refractivity contribution in [2.75, 3.05) is 26.2 Å². The van der Waals surface area contributed by atoms with Crippen molar-refractivity contribution in [2.24, 2.45) is 0 Å². The molecule has 14 heavy (non-hydrogen) atoms. The topological polar surface area (TPSA) is 52.6 Å². The highest BCUT2D eigenvalue weighted by Crippen LogP contribution is 2.19. The highest BCUT2D eigenvalue weighted by Gasteiger charge is 2.30. The summed E-state index contributed by atoms with van der Waals surface area (Å²) >= 11 is 0. The first-order valence-electron chi connectivity index (χ1n) is 5.25. The molecule has 0 aromatic heterocycles. The van der Waals surface area contributed by atoms with Crippen molar-refractivity contribution in [1.82, 2.24) is 10.2 Å². The van der Waals surface area contributed by atoms with Crippen molar-refractivity contribution in [3.05, 3.63) is 0 Å². The quantitative estimate of drug-likeness (QED) is 0.670. The van der Waals surface area contributed by atoms with Crippen molar-refractivity contribution in [3.63, 3.8) is 0 Å². The monoisotopic (exact) mass is 200 g/mol. The molecule has 2 N–H and O–H groups in total. The van der Waals surface area contributed by atoms with Crippen LogP contribution < -0.4 is 5.32 Å². The molecule has 0 radical (unpaired) electrons. The van der Waals surface area contributed by atoms with Gasteiger partial charge in [0.15, 0.2) is 0 Å². The minimum atomic E-state index is -0.554. The predicted octanol–water partition coefficient (Wildman–Crippen LogP) is -0.0307. The molecule has 1 amide bonds. The zero-order chi connectivity index (χ0) is 10.6. The Labute approximate surface area is 85.3 Å². The van der Waals surface area contributed by atoms with Gasteiger partial charge >= 0.3 is 0 Å². The summed E-state index contributed by atoms with van der Waals surface area (Å²) in [6.45, 7) is 6.79. The number of nitrogens with one attached hydrogen (secondary N) is 1. The van der Waals surface area contributed by atoms with Gasteiger partial charge in [0.1, 0.15) is 0 Å². The van der Waals surface area contributed by atoms with Crippen LogP contribution in [0.25, 0.3) is 0 Å². The number of β-amino-alcohol motifs (C(OH)–C–C–N with tert-alkyl or cyclic N) is 1. The summed E-state index contributed by atoms with van der Waals surface area (Å²) in [5.74, 6) is 0.0963. The van der Waals surface area contributed by atoms with E-state index in [-0.39, 0.29) is 5.91 Å². The van der Waals surface area contributed by atoms with Crippen LogP contribution in [0.1, 0.15) is 26.7 Å². The van der Waals surface area contributed by atoms with Crippen LogP contribution in [0.15, 0.2) is 0 Å². The van der Waals surface area contributed by atoms with Gasteiger partial charge in [-0.1, -0.05) is 0 Å². The molecule has 1 fully saturated rings. The van der Waals surface area contributed by atoms with Crippen LogP contribution >= 0.6 is 0 Å². The molecule has 1 aliphatic heterocycles. The minimum absolute atomic E-state index is 0.0963. The van der Waals surface area contributed by atoms with E-state index < -0.39 is 5.60 Å². The van der Waals surface area contributed by atoms with Gasteiger partial charge in [0, 0.05) is 32.6 Å². The third-order valence-electron chi connectivity index (χ3n) is 2.56. The Morgan fingerprint density at radius 3 is 2.86 bits per heavy atom. The Morgan fingerprint density at radius 1 is 1.64 bits per heavy atom. The van der Waals surface area contributed by atoms with E-state index in [2.05, 4.69) is 10.2 Å². The van der Waals surface area contributed by atoms with Gasteiger partial charge in [-0.2, -0.15) is 0 Å². The molecule has 0 spiro atoms. The van der Waals surface area contributed by atoms with E-state index in [0.717, 1.165) is 19.5 Å². The second-order valence-corrected chi connectivity index (χ2v) is 4.23. The molecule has 4 heteroatoms. The molecule has 4 nitrogen and oxygen atoms in total. The number of carbonyl (C=O) groups is 1. The molecular formula is C10H20N2O2. The first-order chi connectivity index (χ1) is 6.53. The Kier molecular flexibility index (Phi) is 3.89. The molecule has 1 atom stereocenters. The van der Waals surface area contributed by atoms with Crippen LogP contribution in [0, 0.1) is 0 Å². The van der Waals surface area contributed by atoms with Gasteiger partial charge in [0.25, 0.3) is 0 Å². The normalized spacial score (nSPS) is 27.9. The second-order valence-electron chi connectivity index (χ2n) is 4.23. The van der Waals surface area contributed by atoms with Gasteiger partial charge in [-0.15, -0.1) is 0 Å².